The van der Waals surface area contributed by atoms with Crippen LogP contribution in [-0.4, -0.2) is 12.1 Å². The number of amides is 1. The Morgan fingerprint density at radius 2 is 1.61 bits per heavy atom. The number of nitrogens with zero attached hydrogens (tertiary/aromatic N) is 1. The zero-order valence-corrected chi connectivity index (χ0v) is 9.91. The molecule has 1 amide bonds. The van der Waals surface area contributed by atoms with Crippen molar-refractivity contribution in [2.24, 2.45) is 5.10 Å². The molecule has 0 saturated carbocycles. The summed E-state index contributed by atoms with van der Waals surface area (Å²) in [6, 6.07) is 19.0. The van der Waals surface area contributed by atoms with Crippen LogP contribution in [0.3, 0.4) is 0 Å². The third-order valence-electron chi connectivity index (χ3n) is 2.46. The number of benzene rings is 2. The lowest BCUT2D eigenvalue weighted by Crippen LogP contribution is -2.17. The summed E-state index contributed by atoms with van der Waals surface area (Å²) < 4.78 is 0. The summed E-state index contributed by atoms with van der Waals surface area (Å²) in [5.41, 5.74) is 4.27. The van der Waals surface area contributed by atoms with Gasteiger partial charge in [0.15, 0.2) is 0 Å². The molecule has 0 aliphatic rings. The second-order valence-corrected chi connectivity index (χ2v) is 3.81. The van der Waals surface area contributed by atoms with E-state index in [9.17, 15) is 4.79 Å². The van der Waals surface area contributed by atoms with Gasteiger partial charge in [-0.1, -0.05) is 48.5 Å². The molecule has 0 aromatic heterocycles. The first-order valence-electron chi connectivity index (χ1n) is 5.77. The van der Waals surface area contributed by atoms with Gasteiger partial charge in [-0.3, -0.25) is 4.79 Å². The number of hydrogen-bond donors (Lipinski definition) is 1. The molecule has 18 heavy (non-hydrogen) atoms. The highest BCUT2D eigenvalue weighted by Crippen LogP contribution is 1.98. The number of hydrazone groups is 1. The predicted molar refractivity (Wildman–Crippen MR) is 72.5 cm³/mol. The lowest BCUT2D eigenvalue weighted by molar-refractivity contribution is 0.0955. The molecular formula is C15H14N2O. The minimum atomic E-state index is -0.195. The Hall–Kier alpha value is -2.42. The highest BCUT2D eigenvalue weighted by atomic mass is 16.2. The Morgan fingerprint density at radius 3 is 2.28 bits per heavy atom. The molecule has 2 aromatic carbocycles. The van der Waals surface area contributed by atoms with Gasteiger partial charge in [0.05, 0.1) is 0 Å². The molecule has 1 N–H and O–H groups in total. The second kappa shape index (κ2) is 6.35. The van der Waals surface area contributed by atoms with Gasteiger partial charge in [-0.25, -0.2) is 5.43 Å². The monoisotopic (exact) mass is 238 g/mol. The SMILES string of the molecule is O=C(N/N=C\Cc1ccccc1)c1ccccc1. The Morgan fingerprint density at radius 1 is 1.00 bits per heavy atom. The molecular weight excluding hydrogens is 224 g/mol. The Kier molecular flexibility index (Phi) is 4.25. The summed E-state index contributed by atoms with van der Waals surface area (Å²) in [5, 5.41) is 3.92. The van der Waals surface area contributed by atoms with E-state index in [-0.39, 0.29) is 5.91 Å². The van der Waals surface area contributed by atoms with Gasteiger partial charge in [0.2, 0.25) is 0 Å². The van der Waals surface area contributed by atoms with Gasteiger partial charge < -0.3 is 0 Å². The van der Waals surface area contributed by atoms with E-state index in [2.05, 4.69) is 10.5 Å². The largest absolute Gasteiger partial charge is 0.271 e. The number of nitrogens with one attached hydrogen (secondary N) is 1. The van der Waals surface area contributed by atoms with Crippen LogP contribution in [0.5, 0.6) is 0 Å². The molecule has 3 heteroatoms. The summed E-state index contributed by atoms with van der Waals surface area (Å²) >= 11 is 0. The molecule has 0 radical (unpaired) electrons. The van der Waals surface area contributed by atoms with Crippen LogP contribution < -0.4 is 5.43 Å². The van der Waals surface area contributed by atoms with E-state index in [4.69, 9.17) is 0 Å². The molecule has 2 rings (SSSR count). The van der Waals surface area contributed by atoms with Crippen molar-refractivity contribution in [1.82, 2.24) is 5.43 Å². The van der Waals surface area contributed by atoms with E-state index < -0.39 is 0 Å². The minimum absolute atomic E-state index is 0.195. The van der Waals surface area contributed by atoms with Crippen LogP contribution in [0.4, 0.5) is 0 Å². The number of carbonyl (C=O) groups is 1. The maximum atomic E-state index is 11.6. The first kappa shape index (κ1) is 12.0. The summed E-state index contributed by atoms with van der Waals surface area (Å²) in [7, 11) is 0. The van der Waals surface area contributed by atoms with E-state index in [1.165, 1.54) is 0 Å². The van der Waals surface area contributed by atoms with Crippen molar-refractivity contribution < 1.29 is 4.79 Å². The molecule has 3 nitrogen and oxygen atoms in total. The van der Waals surface area contributed by atoms with Crippen LogP contribution >= 0.6 is 0 Å². The Bertz CT molecular complexity index is 521. The van der Waals surface area contributed by atoms with E-state index in [1.807, 2.05) is 48.5 Å². The van der Waals surface area contributed by atoms with E-state index in [1.54, 1.807) is 18.3 Å². The van der Waals surface area contributed by atoms with Crippen LogP contribution in [0.25, 0.3) is 0 Å². The third kappa shape index (κ3) is 3.56. The topological polar surface area (TPSA) is 41.5 Å². The highest BCUT2D eigenvalue weighted by Gasteiger charge is 2.00. The van der Waals surface area contributed by atoms with Gasteiger partial charge in [0.25, 0.3) is 5.91 Å². The standard InChI is InChI=1S/C15H14N2O/c18-15(14-9-5-2-6-10-14)17-16-12-11-13-7-3-1-4-8-13/h1-10,12H,11H2,(H,17,18)/b16-12-. The van der Waals surface area contributed by atoms with Gasteiger partial charge >= 0.3 is 0 Å². The number of hydrogen-bond acceptors (Lipinski definition) is 2. The molecule has 0 aliphatic carbocycles. The lowest BCUT2D eigenvalue weighted by atomic mass is 10.2. The van der Waals surface area contributed by atoms with Crippen LogP contribution in [0.1, 0.15) is 15.9 Å². The molecule has 0 spiro atoms. The molecule has 0 bridgehead atoms. The molecule has 0 atom stereocenters. The predicted octanol–water partition coefficient (Wildman–Crippen LogP) is 2.64. The van der Waals surface area contributed by atoms with Crippen LogP contribution in [-0.2, 0) is 6.42 Å². The first-order chi connectivity index (χ1) is 8.86. The van der Waals surface area contributed by atoms with Crippen molar-refractivity contribution in [2.75, 3.05) is 0 Å². The van der Waals surface area contributed by atoms with E-state index in [0.29, 0.717) is 12.0 Å². The first-order valence-corrected chi connectivity index (χ1v) is 5.77. The fourth-order valence-corrected chi connectivity index (χ4v) is 1.52. The number of rotatable bonds is 4. The smallest absolute Gasteiger partial charge is 0.267 e. The lowest BCUT2D eigenvalue weighted by Gasteiger charge is -1.98. The highest BCUT2D eigenvalue weighted by molar-refractivity contribution is 5.94. The second-order valence-electron chi connectivity index (χ2n) is 3.81. The average Bonchev–Trinajstić information content (AvgIpc) is 2.45. The maximum Gasteiger partial charge on any atom is 0.271 e. The molecule has 90 valence electrons. The average molecular weight is 238 g/mol. The van der Waals surface area contributed by atoms with Crippen LogP contribution in [0, 0.1) is 0 Å². The zero-order chi connectivity index (χ0) is 12.6. The van der Waals surface area contributed by atoms with Gasteiger partial charge in [0.1, 0.15) is 0 Å². The summed E-state index contributed by atoms with van der Waals surface area (Å²) in [4.78, 5) is 11.6. The minimum Gasteiger partial charge on any atom is -0.267 e. The third-order valence-corrected chi connectivity index (χ3v) is 2.46. The van der Waals surface area contributed by atoms with Gasteiger partial charge in [-0.05, 0) is 17.7 Å². The zero-order valence-electron chi connectivity index (χ0n) is 9.91. The van der Waals surface area contributed by atoms with E-state index in [0.717, 1.165) is 5.56 Å². The van der Waals surface area contributed by atoms with Gasteiger partial charge in [0, 0.05) is 18.2 Å². The molecule has 0 fully saturated rings. The summed E-state index contributed by atoms with van der Waals surface area (Å²) in [6.45, 7) is 0. The molecule has 0 saturated heterocycles. The number of carbonyl (C=O) groups excluding carboxylic acids is 1. The fraction of sp³-hybridized carbons (Fsp3) is 0.0667. The Labute approximate surface area is 106 Å². The molecule has 0 heterocycles. The van der Waals surface area contributed by atoms with E-state index >= 15 is 0 Å². The molecule has 2 aromatic rings. The van der Waals surface area contributed by atoms with Crippen molar-refractivity contribution in [2.45, 2.75) is 6.42 Å². The van der Waals surface area contributed by atoms with Crippen LogP contribution in [0.2, 0.25) is 0 Å². The van der Waals surface area contributed by atoms with Gasteiger partial charge in [-0.15, -0.1) is 0 Å². The molecule has 0 aliphatic heterocycles. The quantitative estimate of drug-likeness (QED) is 0.645. The summed E-state index contributed by atoms with van der Waals surface area (Å²) in [5.74, 6) is -0.195. The van der Waals surface area contributed by atoms with Crippen molar-refractivity contribution in [3.05, 3.63) is 71.8 Å². The fourth-order valence-electron chi connectivity index (χ4n) is 1.52. The Balaban J connectivity index is 1.83. The van der Waals surface area contributed by atoms with Crippen molar-refractivity contribution in [3.8, 4) is 0 Å². The van der Waals surface area contributed by atoms with Crippen molar-refractivity contribution in [1.29, 1.82) is 0 Å². The normalized spacial score (nSPS) is 10.4. The molecule has 0 unspecified atom stereocenters. The maximum absolute atomic E-state index is 11.6. The van der Waals surface area contributed by atoms with Crippen molar-refractivity contribution >= 4 is 12.1 Å². The van der Waals surface area contributed by atoms with Gasteiger partial charge in [-0.2, -0.15) is 5.10 Å². The summed E-state index contributed by atoms with van der Waals surface area (Å²) in [6.07, 6.45) is 2.39. The van der Waals surface area contributed by atoms with Crippen LogP contribution in [0.15, 0.2) is 65.8 Å². The van der Waals surface area contributed by atoms with Crippen molar-refractivity contribution in [3.63, 3.8) is 0 Å².